The van der Waals surface area contributed by atoms with Gasteiger partial charge in [-0.3, -0.25) is 14.6 Å². The standard InChI is InChI=1S/C18H22N4O3/c19-17(23)15-11-13(20-22(15)12-5-2-1-3-6-12)18(24)21-9-10-25-16-8-4-7-14(16)21/h1-3,5-6,14-16H,4,7-11H2,(H2,19,23). The minimum absolute atomic E-state index is 0.0927. The molecule has 132 valence electrons. The highest BCUT2D eigenvalue weighted by Crippen LogP contribution is 2.31. The monoisotopic (exact) mass is 342 g/mol. The number of nitrogens with zero attached hydrogens (tertiary/aromatic N) is 3. The lowest BCUT2D eigenvalue weighted by Crippen LogP contribution is -2.53. The van der Waals surface area contributed by atoms with Crippen molar-refractivity contribution in [2.75, 3.05) is 18.2 Å². The molecule has 25 heavy (non-hydrogen) atoms. The van der Waals surface area contributed by atoms with Gasteiger partial charge in [0.2, 0.25) is 5.91 Å². The third-order valence-electron chi connectivity index (χ3n) is 5.25. The van der Waals surface area contributed by atoms with E-state index in [-0.39, 0.29) is 24.5 Å². The van der Waals surface area contributed by atoms with Crippen LogP contribution in [0.3, 0.4) is 0 Å². The van der Waals surface area contributed by atoms with Crippen molar-refractivity contribution in [1.82, 2.24) is 4.90 Å². The van der Waals surface area contributed by atoms with E-state index < -0.39 is 11.9 Å². The summed E-state index contributed by atoms with van der Waals surface area (Å²) in [5.41, 5.74) is 6.72. The highest BCUT2D eigenvalue weighted by Gasteiger charge is 2.42. The van der Waals surface area contributed by atoms with E-state index in [1.165, 1.54) is 0 Å². The number of nitrogens with two attached hydrogens (primary N) is 1. The van der Waals surface area contributed by atoms with E-state index in [9.17, 15) is 9.59 Å². The molecule has 3 aliphatic rings. The van der Waals surface area contributed by atoms with Crippen LogP contribution in [0.5, 0.6) is 0 Å². The minimum atomic E-state index is -0.623. The summed E-state index contributed by atoms with van der Waals surface area (Å²) in [7, 11) is 0. The molecular formula is C18H22N4O3. The van der Waals surface area contributed by atoms with Crippen molar-refractivity contribution in [1.29, 1.82) is 0 Å². The van der Waals surface area contributed by atoms with Gasteiger partial charge >= 0.3 is 0 Å². The topological polar surface area (TPSA) is 88.2 Å². The quantitative estimate of drug-likeness (QED) is 0.883. The van der Waals surface area contributed by atoms with Gasteiger partial charge in [-0.2, -0.15) is 5.10 Å². The summed E-state index contributed by atoms with van der Waals surface area (Å²) in [6.45, 7) is 1.13. The molecular weight excluding hydrogens is 320 g/mol. The molecule has 0 aromatic heterocycles. The molecule has 3 unspecified atom stereocenters. The maximum atomic E-state index is 13.0. The van der Waals surface area contributed by atoms with Crippen molar-refractivity contribution in [3.8, 4) is 0 Å². The Morgan fingerprint density at radius 2 is 2.00 bits per heavy atom. The number of ether oxygens (including phenoxy) is 1. The predicted octanol–water partition coefficient (Wildman–Crippen LogP) is 0.887. The normalized spacial score (nSPS) is 28.6. The van der Waals surface area contributed by atoms with Gasteiger partial charge in [0, 0.05) is 13.0 Å². The van der Waals surface area contributed by atoms with Crippen LogP contribution < -0.4 is 10.7 Å². The molecule has 3 atom stereocenters. The van der Waals surface area contributed by atoms with E-state index >= 15 is 0 Å². The number of hydrogen-bond donors (Lipinski definition) is 1. The number of fused-ring (bicyclic) bond motifs is 1. The summed E-state index contributed by atoms with van der Waals surface area (Å²) >= 11 is 0. The SMILES string of the molecule is NC(=O)C1CC(C(=O)N2CCOC3CCCC32)=NN1c1ccccc1. The van der Waals surface area contributed by atoms with Crippen LogP contribution >= 0.6 is 0 Å². The summed E-state index contributed by atoms with van der Waals surface area (Å²) in [5, 5.41) is 6.04. The summed E-state index contributed by atoms with van der Waals surface area (Å²) in [6.07, 6.45) is 3.42. The second-order valence-corrected chi connectivity index (χ2v) is 6.76. The van der Waals surface area contributed by atoms with Gasteiger partial charge in [0.1, 0.15) is 11.8 Å². The second kappa shape index (κ2) is 6.48. The van der Waals surface area contributed by atoms with Crippen molar-refractivity contribution in [2.24, 2.45) is 10.8 Å². The van der Waals surface area contributed by atoms with Gasteiger partial charge < -0.3 is 15.4 Å². The first-order valence-electron chi connectivity index (χ1n) is 8.79. The highest BCUT2D eigenvalue weighted by atomic mass is 16.5. The number of carbonyl (C=O) groups excluding carboxylic acids is 2. The smallest absolute Gasteiger partial charge is 0.270 e. The molecule has 1 aliphatic carbocycles. The summed E-state index contributed by atoms with van der Waals surface area (Å²) < 4.78 is 5.78. The Balaban J connectivity index is 1.59. The summed E-state index contributed by atoms with van der Waals surface area (Å²) in [5.74, 6) is -0.569. The van der Waals surface area contributed by atoms with Crippen molar-refractivity contribution >= 4 is 23.2 Å². The average molecular weight is 342 g/mol. The lowest BCUT2D eigenvalue weighted by Gasteiger charge is -2.37. The van der Waals surface area contributed by atoms with Crippen LogP contribution in [0.4, 0.5) is 5.69 Å². The molecule has 7 heteroatoms. The fourth-order valence-corrected chi connectivity index (χ4v) is 4.02. The number of hydrazone groups is 1. The van der Waals surface area contributed by atoms with Crippen LogP contribution in [-0.2, 0) is 14.3 Å². The Bertz CT molecular complexity index is 706. The van der Waals surface area contributed by atoms with E-state index in [2.05, 4.69) is 5.10 Å². The summed E-state index contributed by atoms with van der Waals surface area (Å²) in [4.78, 5) is 26.8. The lowest BCUT2D eigenvalue weighted by molar-refractivity contribution is -0.136. The van der Waals surface area contributed by atoms with Crippen LogP contribution in [0.2, 0.25) is 0 Å². The van der Waals surface area contributed by atoms with Gasteiger partial charge in [-0.05, 0) is 31.4 Å². The third kappa shape index (κ3) is 2.89. The van der Waals surface area contributed by atoms with Crippen LogP contribution in [0.1, 0.15) is 25.7 Å². The molecule has 2 aliphatic heterocycles. The lowest BCUT2D eigenvalue weighted by atomic mass is 10.1. The number of primary amides is 1. The Kier molecular flexibility index (Phi) is 4.17. The molecule has 2 heterocycles. The number of benzene rings is 1. The zero-order valence-electron chi connectivity index (χ0n) is 14.0. The Morgan fingerprint density at radius 3 is 2.76 bits per heavy atom. The van der Waals surface area contributed by atoms with Crippen molar-refractivity contribution in [3.05, 3.63) is 30.3 Å². The van der Waals surface area contributed by atoms with Crippen molar-refractivity contribution in [3.63, 3.8) is 0 Å². The third-order valence-corrected chi connectivity index (χ3v) is 5.25. The molecule has 0 bridgehead atoms. The molecule has 2 fully saturated rings. The first-order valence-corrected chi connectivity index (χ1v) is 8.79. The molecule has 4 rings (SSSR count). The van der Waals surface area contributed by atoms with Gasteiger partial charge in [0.15, 0.2) is 0 Å². The van der Waals surface area contributed by atoms with Gasteiger partial charge in [-0.1, -0.05) is 18.2 Å². The number of carbonyl (C=O) groups is 2. The van der Waals surface area contributed by atoms with E-state index in [0.29, 0.717) is 18.9 Å². The number of morpholine rings is 1. The molecule has 0 spiro atoms. The molecule has 1 aromatic carbocycles. The number of amides is 2. The number of anilines is 1. The van der Waals surface area contributed by atoms with Gasteiger partial charge in [0.25, 0.3) is 5.91 Å². The van der Waals surface area contributed by atoms with Crippen molar-refractivity contribution < 1.29 is 14.3 Å². The zero-order chi connectivity index (χ0) is 17.4. The number of rotatable bonds is 3. The zero-order valence-corrected chi connectivity index (χ0v) is 14.0. The van der Waals surface area contributed by atoms with Crippen LogP contribution in [-0.4, -0.2) is 53.8 Å². The van der Waals surface area contributed by atoms with E-state index in [0.717, 1.165) is 24.9 Å². The fourth-order valence-electron chi connectivity index (χ4n) is 4.02. The molecule has 0 radical (unpaired) electrons. The van der Waals surface area contributed by atoms with Gasteiger partial charge in [-0.25, -0.2) is 0 Å². The molecule has 1 aromatic rings. The highest BCUT2D eigenvalue weighted by molar-refractivity contribution is 6.40. The van der Waals surface area contributed by atoms with Crippen molar-refractivity contribution in [2.45, 2.75) is 43.9 Å². The Hall–Kier alpha value is -2.41. The van der Waals surface area contributed by atoms with Crippen LogP contribution in [0.25, 0.3) is 0 Å². The molecule has 1 saturated heterocycles. The maximum Gasteiger partial charge on any atom is 0.270 e. The molecule has 7 nitrogen and oxygen atoms in total. The van der Waals surface area contributed by atoms with E-state index in [4.69, 9.17) is 10.5 Å². The number of para-hydroxylation sites is 1. The Labute approximate surface area is 146 Å². The molecule has 1 saturated carbocycles. The van der Waals surface area contributed by atoms with Crippen LogP contribution in [0, 0.1) is 0 Å². The molecule has 2 amide bonds. The number of hydrogen-bond acceptors (Lipinski definition) is 5. The fraction of sp³-hybridized carbons (Fsp3) is 0.500. The Morgan fingerprint density at radius 1 is 1.20 bits per heavy atom. The first-order chi connectivity index (χ1) is 12.1. The maximum absolute atomic E-state index is 13.0. The van der Waals surface area contributed by atoms with Gasteiger partial charge in [0.05, 0.1) is 24.4 Å². The summed E-state index contributed by atoms with van der Waals surface area (Å²) in [6, 6.07) is 8.84. The van der Waals surface area contributed by atoms with E-state index in [1.54, 1.807) is 5.01 Å². The first kappa shape index (κ1) is 16.1. The average Bonchev–Trinajstić information content (AvgIpc) is 3.28. The van der Waals surface area contributed by atoms with Gasteiger partial charge in [-0.15, -0.1) is 0 Å². The predicted molar refractivity (Wildman–Crippen MR) is 93.0 cm³/mol. The van der Waals surface area contributed by atoms with Crippen LogP contribution in [0.15, 0.2) is 35.4 Å². The minimum Gasteiger partial charge on any atom is -0.374 e. The molecule has 2 N–H and O–H groups in total. The largest absolute Gasteiger partial charge is 0.374 e. The second-order valence-electron chi connectivity index (χ2n) is 6.76. The van der Waals surface area contributed by atoms with E-state index in [1.807, 2.05) is 35.2 Å².